The Morgan fingerprint density at radius 1 is 1.44 bits per heavy atom. The Bertz CT molecular complexity index is 401. The molecule has 2 unspecified atom stereocenters. The molecule has 0 aliphatic carbocycles. The molecule has 2 rings (SSSR count). The molecule has 7 heteroatoms. The summed E-state index contributed by atoms with van der Waals surface area (Å²) >= 11 is 0. The van der Waals surface area contributed by atoms with Crippen molar-refractivity contribution in [2.75, 3.05) is 18.0 Å². The normalized spacial score (nSPS) is 24.8. The number of hydrogen-bond donors (Lipinski definition) is 2. The van der Waals surface area contributed by atoms with Crippen LogP contribution in [-0.2, 0) is 0 Å². The number of anilines is 1. The number of pyridine rings is 1. The van der Waals surface area contributed by atoms with E-state index in [0.717, 1.165) is 0 Å². The Labute approximate surface area is 91.1 Å². The van der Waals surface area contributed by atoms with Gasteiger partial charge in [0, 0.05) is 25.4 Å². The summed E-state index contributed by atoms with van der Waals surface area (Å²) in [7, 11) is 0. The highest BCUT2D eigenvalue weighted by Gasteiger charge is 2.30. The molecule has 2 N–H and O–H groups in total. The number of aromatic nitrogens is 1. The van der Waals surface area contributed by atoms with E-state index in [1.165, 1.54) is 18.3 Å². The molecule has 7 nitrogen and oxygen atoms in total. The highest BCUT2D eigenvalue weighted by atomic mass is 16.6. The molecule has 0 radical (unpaired) electrons. The van der Waals surface area contributed by atoms with Gasteiger partial charge in [-0.25, -0.2) is 4.98 Å². The molecular formula is C9H11N3O4. The first-order valence-electron chi connectivity index (χ1n) is 4.79. The molecule has 86 valence electrons. The highest BCUT2D eigenvalue weighted by Crippen LogP contribution is 2.22. The summed E-state index contributed by atoms with van der Waals surface area (Å²) in [4.78, 5) is 15.6. The summed E-state index contributed by atoms with van der Waals surface area (Å²) in [5, 5.41) is 29.3. The van der Waals surface area contributed by atoms with Crippen molar-refractivity contribution < 1.29 is 15.1 Å². The number of aliphatic hydroxyl groups excluding tert-OH is 2. The first kappa shape index (κ1) is 10.8. The largest absolute Gasteiger partial charge is 0.389 e. The third-order valence-electron chi connectivity index (χ3n) is 2.52. The van der Waals surface area contributed by atoms with E-state index in [0.29, 0.717) is 5.82 Å². The van der Waals surface area contributed by atoms with Gasteiger partial charge in [-0.15, -0.1) is 0 Å². The molecule has 2 heterocycles. The van der Waals surface area contributed by atoms with E-state index in [2.05, 4.69) is 4.98 Å². The average molecular weight is 225 g/mol. The zero-order valence-corrected chi connectivity index (χ0v) is 8.35. The molecule has 1 aromatic heterocycles. The molecule has 0 spiro atoms. The van der Waals surface area contributed by atoms with Gasteiger partial charge in [0.2, 0.25) is 0 Å². The highest BCUT2D eigenvalue weighted by molar-refractivity contribution is 5.47. The van der Waals surface area contributed by atoms with E-state index in [-0.39, 0.29) is 18.8 Å². The average Bonchev–Trinajstić information content (AvgIpc) is 2.59. The van der Waals surface area contributed by atoms with Gasteiger partial charge < -0.3 is 15.1 Å². The zero-order chi connectivity index (χ0) is 11.7. The molecule has 0 saturated carbocycles. The van der Waals surface area contributed by atoms with E-state index in [1.54, 1.807) is 4.90 Å². The molecule has 16 heavy (non-hydrogen) atoms. The quantitative estimate of drug-likeness (QED) is 0.521. The molecule has 1 aliphatic heterocycles. The summed E-state index contributed by atoms with van der Waals surface area (Å²) in [6.07, 6.45) is -0.327. The minimum atomic E-state index is -0.832. The summed E-state index contributed by atoms with van der Waals surface area (Å²) in [6.45, 7) is 0.463. The van der Waals surface area contributed by atoms with Gasteiger partial charge in [0.05, 0.1) is 23.2 Å². The lowest BCUT2D eigenvalue weighted by Crippen LogP contribution is -2.22. The molecule has 0 bridgehead atoms. The van der Waals surface area contributed by atoms with Crippen molar-refractivity contribution in [3.63, 3.8) is 0 Å². The Kier molecular flexibility index (Phi) is 2.71. The lowest BCUT2D eigenvalue weighted by Gasteiger charge is -2.15. The van der Waals surface area contributed by atoms with Crippen LogP contribution < -0.4 is 4.90 Å². The number of nitro groups is 1. The van der Waals surface area contributed by atoms with Crippen LogP contribution in [0.2, 0.25) is 0 Å². The maximum absolute atomic E-state index is 10.6. The smallest absolute Gasteiger partial charge is 0.274 e. The van der Waals surface area contributed by atoms with E-state index in [4.69, 9.17) is 0 Å². The second kappa shape index (κ2) is 4.03. The predicted octanol–water partition coefficient (Wildman–Crippen LogP) is -0.468. The Hall–Kier alpha value is -1.73. The van der Waals surface area contributed by atoms with E-state index < -0.39 is 17.1 Å². The van der Waals surface area contributed by atoms with Crippen molar-refractivity contribution in [3.05, 3.63) is 28.4 Å². The van der Waals surface area contributed by atoms with E-state index in [1.807, 2.05) is 0 Å². The van der Waals surface area contributed by atoms with Crippen molar-refractivity contribution >= 4 is 11.5 Å². The van der Waals surface area contributed by atoms with Crippen LogP contribution in [0.4, 0.5) is 11.5 Å². The first-order chi connectivity index (χ1) is 7.58. The van der Waals surface area contributed by atoms with Crippen LogP contribution in [0, 0.1) is 10.1 Å². The summed E-state index contributed by atoms with van der Waals surface area (Å²) in [5.41, 5.74) is -0.0547. The lowest BCUT2D eigenvalue weighted by atomic mass is 10.3. The van der Waals surface area contributed by atoms with Gasteiger partial charge in [0.1, 0.15) is 5.82 Å². The van der Waals surface area contributed by atoms with Gasteiger partial charge in [0.25, 0.3) is 5.69 Å². The van der Waals surface area contributed by atoms with Crippen molar-refractivity contribution in [3.8, 4) is 0 Å². The maximum Gasteiger partial charge on any atom is 0.274 e. The summed E-state index contributed by atoms with van der Waals surface area (Å²) in [5.74, 6) is 0.393. The van der Waals surface area contributed by atoms with Gasteiger partial charge in [-0.3, -0.25) is 10.1 Å². The fourth-order valence-corrected chi connectivity index (χ4v) is 1.65. The third-order valence-corrected chi connectivity index (χ3v) is 2.52. The van der Waals surface area contributed by atoms with Gasteiger partial charge in [0.15, 0.2) is 0 Å². The van der Waals surface area contributed by atoms with Crippen LogP contribution in [0.1, 0.15) is 0 Å². The molecular weight excluding hydrogens is 214 g/mol. The molecule has 0 amide bonds. The predicted molar refractivity (Wildman–Crippen MR) is 55.1 cm³/mol. The molecule has 1 saturated heterocycles. The first-order valence-corrected chi connectivity index (χ1v) is 4.79. The number of hydrogen-bond acceptors (Lipinski definition) is 6. The maximum atomic E-state index is 10.6. The second-order valence-electron chi connectivity index (χ2n) is 3.67. The second-order valence-corrected chi connectivity index (χ2v) is 3.67. The minimum absolute atomic E-state index is 0.0547. The number of β-amino-alcohol motifs (C(OH)–C–C–N with tert-alkyl or cyclic N) is 2. The third kappa shape index (κ3) is 1.95. The van der Waals surface area contributed by atoms with Crippen molar-refractivity contribution in [2.45, 2.75) is 12.2 Å². The number of nitrogens with zero attached hydrogens (tertiary/aromatic N) is 3. The van der Waals surface area contributed by atoms with Gasteiger partial charge in [-0.05, 0) is 0 Å². The molecule has 1 aliphatic rings. The molecule has 1 aromatic rings. The van der Waals surface area contributed by atoms with Crippen molar-refractivity contribution in [1.82, 2.24) is 4.98 Å². The van der Waals surface area contributed by atoms with Crippen LogP contribution in [0.25, 0.3) is 0 Å². The zero-order valence-electron chi connectivity index (χ0n) is 8.35. The van der Waals surface area contributed by atoms with Gasteiger partial charge in [-0.1, -0.05) is 0 Å². The van der Waals surface area contributed by atoms with Gasteiger partial charge >= 0.3 is 0 Å². The molecule has 2 atom stereocenters. The van der Waals surface area contributed by atoms with Crippen molar-refractivity contribution in [2.24, 2.45) is 0 Å². The lowest BCUT2D eigenvalue weighted by molar-refractivity contribution is -0.384. The van der Waals surface area contributed by atoms with Crippen LogP contribution in [0.15, 0.2) is 18.3 Å². The Morgan fingerprint density at radius 2 is 2.06 bits per heavy atom. The Balaban J connectivity index is 2.21. The van der Waals surface area contributed by atoms with Crippen LogP contribution in [0.5, 0.6) is 0 Å². The van der Waals surface area contributed by atoms with Crippen LogP contribution in [-0.4, -0.2) is 45.4 Å². The standard InChI is InChI=1S/C9H11N3O4/c13-7-4-11(5-8(7)14)9-3-6(12(15)16)1-2-10-9/h1-3,7-8,13-14H,4-5H2. The minimum Gasteiger partial charge on any atom is -0.389 e. The SMILES string of the molecule is O=[N+]([O-])c1ccnc(N2CC(O)C(O)C2)c1. The van der Waals surface area contributed by atoms with Gasteiger partial charge in [-0.2, -0.15) is 0 Å². The van der Waals surface area contributed by atoms with Crippen LogP contribution in [0.3, 0.4) is 0 Å². The number of rotatable bonds is 2. The summed E-state index contributed by atoms with van der Waals surface area (Å²) < 4.78 is 0. The van der Waals surface area contributed by atoms with Crippen LogP contribution >= 0.6 is 0 Å². The topological polar surface area (TPSA) is 99.7 Å². The van der Waals surface area contributed by atoms with E-state index >= 15 is 0 Å². The van der Waals surface area contributed by atoms with Crippen molar-refractivity contribution in [1.29, 1.82) is 0 Å². The molecule has 0 aromatic carbocycles. The fraction of sp³-hybridized carbons (Fsp3) is 0.444. The Morgan fingerprint density at radius 3 is 2.62 bits per heavy atom. The van der Waals surface area contributed by atoms with E-state index in [9.17, 15) is 20.3 Å². The monoisotopic (exact) mass is 225 g/mol. The number of aliphatic hydroxyl groups is 2. The fourth-order valence-electron chi connectivity index (χ4n) is 1.65. The summed E-state index contributed by atoms with van der Waals surface area (Å²) in [6, 6.07) is 2.62. The molecule has 1 fully saturated rings.